The third-order valence-electron chi connectivity index (χ3n) is 7.19. The molecular weight excluding hydrogens is 587 g/mol. The molecule has 4 rings (SSSR count). The third-order valence-corrected chi connectivity index (χ3v) is 9.81. The second-order valence-corrected chi connectivity index (χ2v) is 14.9. The van der Waals surface area contributed by atoms with Crippen LogP contribution in [0, 0.1) is 11.8 Å². The summed E-state index contributed by atoms with van der Waals surface area (Å²) in [4.78, 5) is 31.0. The van der Waals surface area contributed by atoms with E-state index in [2.05, 4.69) is 15.7 Å². The third kappa shape index (κ3) is 9.29. The fraction of sp³-hybridized carbons (Fsp3) is 0.516. The first-order valence-corrected chi connectivity index (χ1v) is 17.2. The van der Waals surface area contributed by atoms with Crippen LogP contribution in [-0.2, 0) is 26.0 Å². The van der Waals surface area contributed by atoms with Gasteiger partial charge in [-0.3, -0.25) is 15.0 Å². The fourth-order valence-corrected chi connectivity index (χ4v) is 7.32. The van der Waals surface area contributed by atoms with Gasteiger partial charge in [0.2, 0.25) is 15.9 Å². The zero-order chi connectivity index (χ0) is 31.1. The molecule has 0 spiro atoms. The van der Waals surface area contributed by atoms with Gasteiger partial charge in [0, 0.05) is 25.6 Å². The average molecular weight is 630 g/mol. The van der Waals surface area contributed by atoms with Gasteiger partial charge >= 0.3 is 0 Å². The highest BCUT2D eigenvalue weighted by atomic mass is 32.2. The average Bonchev–Trinajstić information content (AvgIpc) is 3.67. The highest BCUT2D eigenvalue weighted by Gasteiger charge is 2.36. The van der Waals surface area contributed by atoms with Crippen molar-refractivity contribution in [1.29, 1.82) is 0 Å². The van der Waals surface area contributed by atoms with Gasteiger partial charge in [-0.25, -0.2) is 18.4 Å². The highest BCUT2D eigenvalue weighted by molar-refractivity contribution is 7.89. The van der Waals surface area contributed by atoms with Gasteiger partial charge in [-0.1, -0.05) is 58.0 Å². The molecule has 1 fully saturated rings. The summed E-state index contributed by atoms with van der Waals surface area (Å²) < 4.78 is 30.0. The van der Waals surface area contributed by atoms with Gasteiger partial charge in [0.15, 0.2) is 0 Å². The van der Waals surface area contributed by atoms with Crippen LogP contribution < -0.4 is 10.7 Å². The van der Waals surface area contributed by atoms with Crippen molar-refractivity contribution in [2.45, 2.75) is 76.5 Å². The van der Waals surface area contributed by atoms with Crippen LogP contribution >= 0.6 is 11.3 Å². The first-order valence-electron chi connectivity index (χ1n) is 14.8. The Kier molecular flexibility index (Phi) is 11.3. The monoisotopic (exact) mass is 629 g/mol. The van der Waals surface area contributed by atoms with E-state index in [1.54, 1.807) is 17.6 Å². The molecule has 43 heavy (non-hydrogen) atoms. The summed E-state index contributed by atoms with van der Waals surface area (Å²) in [6, 6.07) is 13.6. The molecular formula is C31H43N5O5S2. The number of rotatable bonds is 15. The molecule has 0 saturated heterocycles. The number of aliphatic hydroxyl groups is 1. The van der Waals surface area contributed by atoms with Crippen LogP contribution in [0.5, 0.6) is 0 Å². The molecule has 3 aromatic rings. The lowest BCUT2D eigenvalue weighted by Gasteiger charge is -2.37. The zero-order valence-electron chi connectivity index (χ0n) is 25.3. The Balaban J connectivity index is 1.66. The predicted octanol–water partition coefficient (Wildman–Crippen LogP) is 3.57. The van der Waals surface area contributed by atoms with Crippen molar-refractivity contribution in [3.63, 3.8) is 0 Å². The summed E-state index contributed by atoms with van der Waals surface area (Å²) in [6.45, 7) is 7.58. The second kappa shape index (κ2) is 14.7. The van der Waals surface area contributed by atoms with E-state index in [9.17, 15) is 23.1 Å². The standard InChI is InChI=1S/C31H43N5O5S2/c1-21(2)14-31(39)36(34-30(38)17-32-24-10-11-24)27(15-23-8-6-5-7-9-23)28(37)19-35(18-22(3)4)43(40,41)25-12-13-26-29(16-25)42-20-33-26/h5-9,12-13,16,20-22,24,27-28,32,37H,10-11,14-15,17-19H2,1-4H3,(H,34,38)/t27-,28+/m0/s1. The van der Waals surface area contributed by atoms with E-state index >= 15 is 0 Å². The topological polar surface area (TPSA) is 132 Å². The highest BCUT2D eigenvalue weighted by Crippen LogP contribution is 2.26. The molecule has 0 radical (unpaired) electrons. The minimum atomic E-state index is -4.01. The van der Waals surface area contributed by atoms with E-state index in [4.69, 9.17) is 0 Å². The van der Waals surface area contributed by atoms with Gasteiger partial charge in [0.05, 0.1) is 39.3 Å². The molecule has 0 bridgehead atoms. The number of amides is 2. The summed E-state index contributed by atoms with van der Waals surface area (Å²) in [5.74, 6) is -0.763. The van der Waals surface area contributed by atoms with Gasteiger partial charge in [0.25, 0.3) is 5.91 Å². The van der Waals surface area contributed by atoms with Gasteiger partial charge in [-0.05, 0) is 54.9 Å². The number of nitrogens with one attached hydrogen (secondary N) is 2. The van der Waals surface area contributed by atoms with Crippen LogP contribution in [0.1, 0.15) is 52.5 Å². The Bertz CT molecular complexity index is 1470. The van der Waals surface area contributed by atoms with E-state index in [1.165, 1.54) is 26.7 Å². The Morgan fingerprint density at radius 2 is 1.77 bits per heavy atom. The SMILES string of the molecule is CC(C)CC(=O)N(NC(=O)CNC1CC1)[C@@H](Cc1ccccc1)[C@H](O)CN(CC(C)C)S(=O)(=O)c1ccc2ncsc2c1. The molecule has 234 valence electrons. The largest absolute Gasteiger partial charge is 0.390 e. The van der Waals surface area contributed by atoms with E-state index in [-0.39, 0.29) is 55.1 Å². The van der Waals surface area contributed by atoms with Gasteiger partial charge in [-0.15, -0.1) is 11.3 Å². The Hall–Kier alpha value is -2.90. The normalized spacial score (nSPS) is 15.3. The number of aliphatic hydroxyl groups excluding tert-OH is 1. The molecule has 1 saturated carbocycles. The molecule has 1 aliphatic rings. The lowest BCUT2D eigenvalue weighted by Crippen LogP contribution is -2.60. The number of aromatic nitrogens is 1. The van der Waals surface area contributed by atoms with Crippen molar-refractivity contribution in [1.82, 2.24) is 25.0 Å². The minimum absolute atomic E-state index is 0.00508. The summed E-state index contributed by atoms with van der Waals surface area (Å²) in [5.41, 5.74) is 5.98. The van der Waals surface area contributed by atoms with Crippen LogP contribution in [0.25, 0.3) is 10.2 Å². The van der Waals surface area contributed by atoms with Crippen molar-refractivity contribution in [2.75, 3.05) is 19.6 Å². The first-order chi connectivity index (χ1) is 20.4. The zero-order valence-corrected chi connectivity index (χ0v) is 26.9. The van der Waals surface area contributed by atoms with Crippen LogP contribution in [0.4, 0.5) is 0 Å². The molecule has 10 nitrogen and oxygen atoms in total. The number of hydrazine groups is 1. The maximum absolute atomic E-state index is 14.0. The van der Waals surface area contributed by atoms with Crippen LogP contribution in [0.15, 0.2) is 58.9 Å². The summed E-state index contributed by atoms with van der Waals surface area (Å²) >= 11 is 1.36. The van der Waals surface area contributed by atoms with E-state index in [0.29, 0.717) is 11.6 Å². The molecule has 2 aromatic carbocycles. The smallest absolute Gasteiger partial charge is 0.252 e. The molecule has 1 aromatic heterocycles. The number of benzene rings is 2. The molecule has 1 aliphatic carbocycles. The molecule has 0 unspecified atom stereocenters. The molecule has 2 atom stereocenters. The second-order valence-electron chi connectivity index (χ2n) is 12.1. The molecule has 12 heteroatoms. The number of sulfonamides is 1. The number of carbonyl (C=O) groups is 2. The summed E-state index contributed by atoms with van der Waals surface area (Å²) in [7, 11) is -4.01. The number of hydrogen-bond donors (Lipinski definition) is 3. The lowest BCUT2D eigenvalue weighted by atomic mass is 9.99. The predicted molar refractivity (Wildman–Crippen MR) is 169 cm³/mol. The quantitative estimate of drug-likeness (QED) is 0.219. The van der Waals surface area contributed by atoms with Gasteiger partial charge in [0.1, 0.15) is 0 Å². The first kappa shape index (κ1) is 33.0. The number of carbonyl (C=O) groups excluding carboxylic acids is 2. The van der Waals surface area contributed by atoms with E-state index in [0.717, 1.165) is 23.1 Å². The summed E-state index contributed by atoms with van der Waals surface area (Å²) in [5, 5.41) is 16.2. The Labute approximate surface area is 258 Å². The van der Waals surface area contributed by atoms with Crippen molar-refractivity contribution >= 4 is 43.4 Å². The maximum Gasteiger partial charge on any atom is 0.252 e. The maximum atomic E-state index is 14.0. The van der Waals surface area contributed by atoms with Gasteiger partial charge < -0.3 is 10.4 Å². The fourth-order valence-electron chi connectivity index (χ4n) is 4.88. The van der Waals surface area contributed by atoms with Crippen molar-refractivity contribution < 1.29 is 23.1 Å². The van der Waals surface area contributed by atoms with Crippen molar-refractivity contribution in [3.8, 4) is 0 Å². The van der Waals surface area contributed by atoms with Crippen LogP contribution in [0.3, 0.4) is 0 Å². The molecule has 1 heterocycles. The minimum Gasteiger partial charge on any atom is -0.390 e. The van der Waals surface area contributed by atoms with Gasteiger partial charge in [-0.2, -0.15) is 4.31 Å². The molecule has 3 N–H and O–H groups in total. The van der Waals surface area contributed by atoms with Crippen molar-refractivity contribution in [3.05, 3.63) is 59.6 Å². The van der Waals surface area contributed by atoms with Crippen LogP contribution in [0.2, 0.25) is 0 Å². The van der Waals surface area contributed by atoms with E-state index < -0.39 is 28.1 Å². The number of nitrogens with zero attached hydrogens (tertiary/aromatic N) is 3. The molecule has 2 amide bonds. The molecule has 0 aliphatic heterocycles. The number of thiazole rings is 1. The summed E-state index contributed by atoms with van der Waals surface area (Å²) in [6.07, 6.45) is 1.07. The Morgan fingerprint density at radius 1 is 1.05 bits per heavy atom. The number of fused-ring (bicyclic) bond motifs is 1. The Morgan fingerprint density at radius 3 is 2.42 bits per heavy atom. The van der Waals surface area contributed by atoms with Crippen molar-refractivity contribution in [2.24, 2.45) is 11.8 Å². The lowest BCUT2D eigenvalue weighted by molar-refractivity contribution is -0.148. The number of hydrogen-bond acceptors (Lipinski definition) is 8. The van der Waals surface area contributed by atoms with Crippen LogP contribution in [-0.4, -0.2) is 77.5 Å². The van der Waals surface area contributed by atoms with E-state index in [1.807, 2.05) is 58.0 Å².